The van der Waals surface area contributed by atoms with Gasteiger partial charge in [-0.15, -0.1) is 0 Å². The first-order chi connectivity index (χ1) is 6.55. The van der Waals surface area contributed by atoms with Crippen molar-refractivity contribution in [2.24, 2.45) is 5.41 Å². The predicted molar refractivity (Wildman–Crippen MR) is 59.1 cm³/mol. The first kappa shape index (κ1) is 11.5. The number of likely N-dealkylation sites (tertiary alicyclic amines) is 1. The zero-order chi connectivity index (χ0) is 10.6. The molecule has 0 aliphatic carbocycles. The third kappa shape index (κ3) is 3.32. The van der Waals surface area contributed by atoms with Gasteiger partial charge in [-0.1, -0.05) is 27.2 Å². The van der Waals surface area contributed by atoms with Crippen LogP contribution in [0.2, 0.25) is 0 Å². The van der Waals surface area contributed by atoms with Crippen LogP contribution in [-0.2, 0) is 4.79 Å². The zero-order valence-corrected chi connectivity index (χ0v) is 9.81. The van der Waals surface area contributed by atoms with Crippen molar-refractivity contribution in [1.29, 1.82) is 0 Å². The number of rotatable bonds is 3. The smallest absolute Gasteiger partial charge is 0.223 e. The fourth-order valence-corrected chi connectivity index (χ4v) is 1.79. The van der Waals surface area contributed by atoms with Gasteiger partial charge >= 0.3 is 0 Å². The van der Waals surface area contributed by atoms with E-state index in [-0.39, 0.29) is 5.41 Å². The van der Waals surface area contributed by atoms with Gasteiger partial charge in [0.1, 0.15) is 0 Å². The molecule has 2 nitrogen and oxygen atoms in total. The summed E-state index contributed by atoms with van der Waals surface area (Å²) < 4.78 is 0. The lowest BCUT2D eigenvalue weighted by molar-refractivity contribution is -0.134. The quantitative estimate of drug-likeness (QED) is 0.681. The summed E-state index contributed by atoms with van der Waals surface area (Å²) in [5.74, 6) is 0.358. The molecule has 0 aromatic carbocycles. The SMILES string of the molecule is CCC(C)(C)CC(=O)N1CCCCC1. The Hall–Kier alpha value is -0.530. The van der Waals surface area contributed by atoms with Crippen molar-refractivity contribution in [3.63, 3.8) is 0 Å². The van der Waals surface area contributed by atoms with Crippen LogP contribution in [0.1, 0.15) is 52.9 Å². The molecule has 1 aliphatic heterocycles. The Kier molecular flexibility index (Phi) is 3.97. The summed E-state index contributed by atoms with van der Waals surface area (Å²) in [7, 11) is 0. The molecule has 1 saturated heterocycles. The molecule has 0 radical (unpaired) electrons. The van der Waals surface area contributed by atoms with Crippen molar-refractivity contribution in [3.05, 3.63) is 0 Å². The van der Waals surface area contributed by atoms with E-state index in [4.69, 9.17) is 0 Å². The van der Waals surface area contributed by atoms with Crippen molar-refractivity contribution in [2.75, 3.05) is 13.1 Å². The van der Waals surface area contributed by atoms with E-state index in [0.29, 0.717) is 12.3 Å². The van der Waals surface area contributed by atoms with Crippen LogP contribution in [0, 0.1) is 5.41 Å². The Balaban J connectivity index is 2.40. The van der Waals surface area contributed by atoms with E-state index >= 15 is 0 Å². The van der Waals surface area contributed by atoms with E-state index in [1.165, 1.54) is 19.3 Å². The summed E-state index contributed by atoms with van der Waals surface area (Å²) in [4.78, 5) is 13.9. The summed E-state index contributed by atoms with van der Waals surface area (Å²) >= 11 is 0. The largest absolute Gasteiger partial charge is 0.343 e. The summed E-state index contributed by atoms with van der Waals surface area (Å²) in [5.41, 5.74) is 0.175. The summed E-state index contributed by atoms with van der Waals surface area (Å²) in [6, 6.07) is 0. The molecule has 0 bridgehead atoms. The van der Waals surface area contributed by atoms with Crippen LogP contribution in [0.5, 0.6) is 0 Å². The number of hydrogen-bond acceptors (Lipinski definition) is 1. The molecule has 0 atom stereocenters. The van der Waals surface area contributed by atoms with Gasteiger partial charge < -0.3 is 4.90 Å². The minimum Gasteiger partial charge on any atom is -0.343 e. The molecule has 1 fully saturated rings. The van der Waals surface area contributed by atoms with Gasteiger partial charge in [-0.3, -0.25) is 4.79 Å². The first-order valence-corrected chi connectivity index (χ1v) is 5.83. The average Bonchev–Trinajstić information content (AvgIpc) is 2.19. The molecule has 2 heteroatoms. The minimum absolute atomic E-state index is 0.175. The van der Waals surface area contributed by atoms with E-state index in [2.05, 4.69) is 20.8 Å². The van der Waals surface area contributed by atoms with Crippen LogP contribution in [0.25, 0.3) is 0 Å². The number of amides is 1. The lowest BCUT2D eigenvalue weighted by Gasteiger charge is -2.30. The maximum Gasteiger partial charge on any atom is 0.223 e. The molecular weight excluding hydrogens is 174 g/mol. The highest BCUT2D eigenvalue weighted by Gasteiger charge is 2.24. The molecule has 0 unspecified atom stereocenters. The van der Waals surface area contributed by atoms with Crippen LogP contribution < -0.4 is 0 Å². The van der Waals surface area contributed by atoms with E-state index in [1.54, 1.807) is 0 Å². The van der Waals surface area contributed by atoms with Crippen LogP contribution in [0.4, 0.5) is 0 Å². The Morgan fingerprint density at radius 2 is 1.79 bits per heavy atom. The van der Waals surface area contributed by atoms with Crippen LogP contribution in [0.3, 0.4) is 0 Å². The molecule has 0 aromatic heterocycles. The number of nitrogens with zero attached hydrogens (tertiary/aromatic N) is 1. The van der Waals surface area contributed by atoms with Crippen molar-refractivity contribution in [1.82, 2.24) is 4.90 Å². The lowest BCUT2D eigenvalue weighted by atomic mass is 9.86. The third-order valence-corrected chi connectivity index (χ3v) is 3.30. The molecule has 0 aromatic rings. The number of carbonyl (C=O) groups is 1. The van der Waals surface area contributed by atoms with Gasteiger partial charge in [0, 0.05) is 19.5 Å². The highest BCUT2D eigenvalue weighted by Crippen LogP contribution is 2.26. The van der Waals surface area contributed by atoms with Gasteiger partial charge in [0.2, 0.25) is 5.91 Å². The van der Waals surface area contributed by atoms with Crippen molar-refractivity contribution >= 4 is 5.91 Å². The van der Waals surface area contributed by atoms with E-state index < -0.39 is 0 Å². The number of hydrogen-bond donors (Lipinski definition) is 0. The molecule has 1 aliphatic rings. The molecule has 82 valence electrons. The van der Waals surface area contributed by atoms with Gasteiger partial charge in [0.25, 0.3) is 0 Å². The normalized spacial score (nSPS) is 18.4. The average molecular weight is 197 g/mol. The standard InChI is InChI=1S/C12H23NO/c1-4-12(2,3)10-11(14)13-8-6-5-7-9-13/h4-10H2,1-3H3. The number of carbonyl (C=O) groups excluding carboxylic acids is 1. The van der Waals surface area contributed by atoms with Crippen LogP contribution in [-0.4, -0.2) is 23.9 Å². The molecule has 1 rings (SSSR count). The topological polar surface area (TPSA) is 20.3 Å². The fraction of sp³-hybridized carbons (Fsp3) is 0.917. The van der Waals surface area contributed by atoms with Gasteiger partial charge in [0.15, 0.2) is 0 Å². The van der Waals surface area contributed by atoms with Gasteiger partial charge in [-0.05, 0) is 24.7 Å². The number of piperidine rings is 1. The van der Waals surface area contributed by atoms with Crippen LogP contribution in [0.15, 0.2) is 0 Å². The van der Waals surface area contributed by atoms with Crippen LogP contribution >= 0.6 is 0 Å². The maximum atomic E-state index is 11.9. The monoisotopic (exact) mass is 197 g/mol. The van der Waals surface area contributed by atoms with Crippen molar-refractivity contribution < 1.29 is 4.79 Å². The highest BCUT2D eigenvalue weighted by atomic mass is 16.2. The summed E-state index contributed by atoms with van der Waals surface area (Å²) in [5, 5.41) is 0. The molecular formula is C12H23NO. The van der Waals surface area contributed by atoms with E-state index in [9.17, 15) is 4.79 Å². The highest BCUT2D eigenvalue weighted by molar-refractivity contribution is 5.76. The van der Waals surface area contributed by atoms with Gasteiger partial charge in [-0.2, -0.15) is 0 Å². The molecule has 1 heterocycles. The van der Waals surface area contributed by atoms with E-state index in [0.717, 1.165) is 19.5 Å². The molecule has 0 saturated carbocycles. The van der Waals surface area contributed by atoms with Gasteiger partial charge in [0.05, 0.1) is 0 Å². The second kappa shape index (κ2) is 4.81. The lowest BCUT2D eigenvalue weighted by Crippen LogP contribution is -2.37. The first-order valence-electron chi connectivity index (χ1n) is 5.83. The Morgan fingerprint density at radius 1 is 1.21 bits per heavy atom. The third-order valence-electron chi connectivity index (χ3n) is 3.30. The summed E-state index contributed by atoms with van der Waals surface area (Å²) in [6.07, 6.45) is 5.47. The second-order valence-corrected chi connectivity index (χ2v) is 5.14. The van der Waals surface area contributed by atoms with Crippen molar-refractivity contribution in [3.8, 4) is 0 Å². The maximum absolute atomic E-state index is 11.9. The molecule has 14 heavy (non-hydrogen) atoms. The summed E-state index contributed by atoms with van der Waals surface area (Å²) in [6.45, 7) is 8.48. The zero-order valence-electron chi connectivity index (χ0n) is 9.81. The second-order valence-electron chi connectivity index (χ2n) is 5.14. The fourth-order valence-electron chi connectivity index (χ4n) is 1.79. The molecule has 1 amide bonds. The molecule has 0 N–H and O–H groups in total. The van der Waals surface area contributed by atoms with Gasteiger partial charge in [-0.25, -0.2) is 0 Å². The molecule has 0 spiro atoms. The van der Waals surface area contributed by atoms with Crippen molar-refractivity contribution in [2.45, 2.75) is 52.9 Å². The Morgan fingerprint density at radius 3 is 2.29 bits per heavy atom. The predicted octanol–water partition coefficient (Wildman–Crippen LogP) is 2.83. The Labute approximate surface area is 87.7 Å². The Bertz CT molecular complexity index is 192. The van der Waals surface area contributed by atoms with E-state index in [1.807, 2.05) is 4.90 Å². The minimum atomic E-state index is 0.175.